The van der Waals surface area contributed by atoms with Crippen LogP contribution in [0, 0.1) is 0 Å². The molecule has 2 amide bonds. The van der Waals surface area contributed by atoms with Crippen LogP contribution in [0.1, 0.15) is 5.56 Å². The standard InChI is InChI=1S/C24H17ClN2O4S/c1-31-20-14-15(13-19(25)21(20)28)12-18-22(29)26(16-8-4-2-5-9-16)24(32)27(23(18)30)17-10-6-3-7-11-17/h2-14,28H,1H3. The highest BCUT2D eigenvalue weighted by Gasteiger charge is 2.41. The van der Waals surface area contributed by atoms with E-state index in [1.54, 1.807) is 48.5 Å². The number of para-hydroxylation sites is 2. The number of hydrogen-bond donors (Lipinski definition) is 1. The highest BCUT2D eigenvalue weighted by Crippen LogP contribution is 2.36. The Kier molecular flexibility index (Phi) is 5.94. The summed E-state index contributed by atoms with van der Waals surface area (Å²) in [6, 6.07) is 20.6. The zero-order valence-electron chi connectivity index (χ0n) is 16.9. The predicted molar refractivity (Wildman–Crippen MR) is 128 cm³/mol. The van der Waals surface area contributed by atoms with Crippen LogP contribution in [0.25, 0.3) is 6.08 Å². The molecular weight excluding hydrogens is 448 g/mol. The Bertz CT molecular complexity index is 1180. The lowest BCUT2D eigenvalue weighted by molar-refractivity contribution is -0.120. The molecule has 1 heterocycles. The molecule has 3 aromatic carbocycles. The van der Waals surface area contributed by atoms with Gasteiger partial charge in [0.25, 0.3) is 11.8 Å². The quantitative estimate of drug-likeness (QED) is 0.341. The molecule has 0 saturated carbocycles. The van der Waals surface area contributed by atoms with Gasteiger partial charge in [0.15, 0.2) is 16.6 Å². The Labute approximate surface area is 194 Å². The summed E-state index contributed by atoms with van der Waals surface area (Å²) in [7, 11) is 1.38. The number of rotatable bonds is 4. The van der Waals surface area contributed by atoms with Gasteiger partial charge in [0.1, 0.15) is 5.57 Å². The van der Waals surface area contributed by atoms with Crippen molar-refractivity contribution in [3.63, 3.8) is 0 Å². The number of aromatic hydroxyl groups is 1. The first kappa shape index (κ1) is 21.5. The van der Waals surface area contributed by atoms with Gasteiger partial charge in [0.2, 0.25) is 0 Å². The van der Waals surface area contributed by atoms with E-state index < -0.39 is 11.8 Å². The summed E-state index contributed by atoms with van der Waals surface area (Å²) in [6.07, 6.45) is 1.41. The summed E-state index contributed by atoms with van der Waals surface area (Å²) < 4.78 is 5.13. The molecule has 0 bridgehead atoms. The first-order chi connectivity index (χ1) is 15.4. The number of hydrogen-bond acceptors (Lipinski definition) is 5. The van der Waals surface area contributed by atoms with Crippen molar-refractivity contribution in [3.8, 4) is 11.5 Å². The minimum absolute atomic E-state index is 0.0299. The average Bonchev–Trinajstić information content (AvgIpc) is 2.80. The molecule has 1 saturated heterocycles. The van der Waals surface area contributed by atoms with Crippen LogP contribution in [0.4, 0.5) is 11.4 Å². The number of methoxy groups -OCH3 is 1. The molecule has 0 radical (unpaired) electrons. The van der Waals surface area contributed by atoms with Gasteiger partial charge in [0.05, 0.1) is 23.5 Å². The lowest BCUT2D eigenvalue weighted by Crippen LogP contribution is -2.56. The third-order valence-corrected chi connectivity index (χ3v) is 5.51. The van der Waals surface area contributed by atoms with Crippen LogP contribution < -0.4 is 14.5 Å². The van der Waals surface area contributed by atoms with Crippen LogP contribution >= 0.6 is 23.8 Å². The van der Waals surface area contributed by atoms with Crippen LogP contribution in [-0.2, 0) is 9.59 Å². The molecule has 8 heteroatoms. The number of carbonyl (C=O) groups excluding carboxylic acids is 2. The molecule has 1 N–H and O–H groups in total. The summed E-state index contributed by atoms with van der Waals surface area (Å²) in [5, 5.41) is 10.1. The molecule has 0 aromatic heterocycles. The Hall–Kier alpha value is -3.68. The van der Waals surface area contributed by atoms with Crippen LogP contribution in [0.5, 0.6) is 11.5 Å². The van der Waals surface area contributed by atoms with Crippen molar-refractivity contribution in [2.45, 2.75) is 0 Å². The van der Waals surface area contributed by atoms with Gasteiger partial charge in [0, 0.05) is 0 Å². The highest BCUT2D eigenvalue weighted by atomic mass is 35.5. The van der Waals surface area contributed by atoms with Gasteiger partial charge in [-0.3, -0.25) is 19.4 Å². The summed E-state index contributed by atoms with van der Waals surface area (Å²) in [5.41, 5.74) is 1.36. The summed E-state index contributed by atoms with van der Waals surface area (Å²) >= 11 is 11.7. The lowest BCUT2D eigenvalue weighted by atomic mass is 10.0. The fourth-order valence-electron chi connectivity index (χ4n) is 3.34. The van der Waals surface area contributed by atoms with Crippen molar-refractivity contribution in [2.75, 3.05) is 16.9 Å². The van der Waals surface area contributed by atoms with Gasteiger partial charge in [-0.05, 0) is 60.3 Å². The maximum absolute atomic E-state index is 13.4. The minimum atomic E-state index is -0.568. The average molecular weight is 465 g/mol. The normalized spacial score (nSPS) is 14.1. The molecule has 0 spiro atoms. The van der Waals surface area contributed by atoms with Crippen LogP contribution in [0.3, 0.4) is 0 Å². The Morgan fingerprint density at radius 1 is 0.906 bits per heavy atom. The number of halogens is 1. The van der Waals surface area contributed by atoms with E-state index >= 15 is 0 Å². The minimum Gasteiger partial charge on any atom is -0.503 e. The van der Waals surface area contributed by atoms with E-state index in [0.717, 1.165) is 0 Å². The van der Waals surface area contributed by atoms with E-state index in [0.29, 0.717) is 16.9 Å². The van der Waals surface area contributed by atoms with Gasteiger partial charge >= 0.3 is 0 Å². The summed E-state index contributed by atoms with van der Waals surface area (Å²) in [5.74, 6) is -1.24. The van der Waals surface area contributed by atoms with E-state index in [2.05, 4.69) is 0 Å². The number of benzene rings is 3. The Balaban J connectivity index is 1.88. The maximum Gasteiger partial charge on any atom is 0.270 e. The molecule has 4 rings (SSSR count). The maximum atomic E-state index is 13.4. The number of phenols is 1. The van der Waals surface area contributed by atoms with Gasteiger partial charge < -0.3 is 9.84 Å². The topological polar surface area (TPSA) is 70.1 Å². The van der Waals surface area contributed by atoms with E-state index in [-0.39, 0.29) is 27.2 Å². The fraction of sp³-hybridized carbons (Fsp3) is 0.0417. The Morgan fingerprint density at radius 2 is 1.41 bits per heavy atom. The van der Waals surface area contributed by atoms with Crippen LogP contribution in [0.15, 0.2) is 78.4 Å². The molecule has 32 heavy (non-hydrogen) atoms. The van der Waals surface area contributed by atoms with Gasteiger partial charge in [-0.1, -0.05) is 48.0 Å². The first-order valence-electron chi connectivity index (χ1n) is 9.53. The van der Waals surface area contributed by atoms with Gasteiger partial charge in [-0.2, -0.15) is 0 Å². The summed E-state index contributed by atoms with van der Waals surface area (Å²) in [4.78, 5) is 29.5. The smallest absolute Gasteiger partial charge is 0.270 e. The number of ether oxygens (including phenoxy) is 1. The molecule has 0 unspecified atom stereocenters. The molecule has 0 atom stereocenters. The largest absolute Gasteiger partial charge is 0.503 e. The van der Waals surface area contributed by atoms with Crippen molar-refractivity contribution in [3.05, 3.63) is 89.0 Å². The van der Waals surface area contributed by atoms with Gasteiger partial charge in [-0.15, -0.1) is 0 Å². The number of amides is 2. The van der Waals surface area contributed by atoms with Crippen molar-refractivity contribution < 1.29 is 19.4 Å². The molecule has 6 nitrogen and oxygen atoms in total. The second-order valence-electron chi connectivity index (χ2n) is 6.85. The number of phenolic OH excluding ortho intramolecular Hbond substituents is 1. The lowest BCUT2D eigenvalue weighted by Gasteiger charge is -2.36. The van der Waals surface area contributed by atoms with Crippen molar-refractivity contribution >= 4 is 58.2 Å². The highest BCUT2D eigenvalue weighted by molar-refractivity contribution is 7.81. The van der Waals surface area contributed by atoms with Crippen molar-refractivity contribution in [1.82, 2.24) is 0 Å². The monoisotopic (exact) mass is 464 g/mol. The van der Waals surface area contributed by atoms with Gasteiger partial charge in [-0.25, -0.2) is 0 Å². The number of thiocarbonyl (C=S) groups is 1. The summed E-state index contributed by atoms with van der Waals surface area (Å²) in [6.45, 7) is 0. The van der Waals surface area contributed by atoms with E-state index in [4.69, 9.17) is 28.6 Å². The molecule has 0 aliphatic carbocycles. The third-order valence-electron chi connectivity index (χ3n) is 4.86. The molecular formula is C24H17ClN2O4S. The second-order valence-corrected chi connectivity index (χ2v) is 7.62. The number of anilines is 2. The van der Waals surface area contributed by atoms with Crippen molar-refractivity contribution in [2.24, 2.45) is 0 Å². The van der Waals surface area contributed by atoms with E-state index in [1.165, 1.54) is 35.1 Å². The fourth-order valence-corrected chi connectivity index (χ4v) is 3.93. The van der Waals surface area contributed by atoms with Crippen LogP contribution in [0.2, 0.25) is 5.02 Å². The molecule has 1 fully saturated rings. The van der Waals surface area contributed by atoms with E-state index in [1.807, 2.05) is 12.1 Å². The zero-order valence-corrected chi connectivity index (χ0v) is 18.4. The second kappa shape index (κ2) is 8.82. The zero-order chi connectivity index (χ0) is 22.8. The SMILES string of the molecule is COc1cc(C=C2C(=O)N(c3ccccc3)C(=S)N(c3ccccc3)C2=O)cc(Cl)c1O. The molecule has 1 aliphatic rings. The molecule has 160 valence electrons. The van der Waals surface area contributed by atoms with Crippen molar-refractivity contribution in [1.29, 1.82) is 0 Å². The van der Waals surface area contributed by atoms with Crippen LogP contribution in [-0.4, -0.2) is 29.1 Å². The Morgan fingerprint density at radius 3 is 1.88 bits per heavy atom. The number of nitrogens with zero attached hydrogens (tertiary/aromatic N) is 2. The van der Waals surface area contributed by atoms with E-state index in [9.17, 15) is 14.7 Å². The number of carbonyl (C=O) groups is 2. The first-order valence-corrected chi connectivity index (χ1v) is 10.3. The third kappa shape index (κ3) is 3.84. The molecule has 3 aromatic rings. The molecule has 1 aliphatic heterocycles. The predicted octanol–water partition coefficient (Wildman–Crippen LogP) is 4.80.